The first kappa shape index (κ1) is 12.7. The number of imidazole rings is 1. The van der Waals surface area contributed by atoms with Crippen molar-refractivity contribution in [3.8, 4) is 0 Å². The zero-order valence-corrected chi connectivity index (χ0v) is 11.0. The summed E-state index contributed by atoms with van der Waals surface area (Å²) in [5.74, 6) is 1.72. The molecule has 0 saturated carbocycles. The summed E-state index contributed by atoms with van der Waals surface area (Å²) in [5.41, 5.74) is 2.49. The molecule has 5 heteroatoms. The first-order chi connectivity index (χ1) is 8.74. The van der Waals surface area contributed by atoms with Crippen LogP contribution in [0.3, 0.4) is 0 Å². The molecule has 0 atom stereocenters. The second-order valence-electron chi connectivity index (χ2n) is 3.97. The summed E-state index contributed by atoms with van der Waals surface area (Å²) in [5, 5.41) is 2.69. The van der Waals surface area contributed by atoms with Crippen LogP contribution < -0.4 is 5.32 Å². The number of hydrogen-bond acceptors (Lipinski definition) is 3. The number of thioether (sulfide) groups is 1. The summed E-state index contributed by atoms with van der Waals surface area (Å²) in [4.78, 5) is 18.3. The van der Waals surface area contributed by atoms with E-state index in [1.165, 1.54) is 11.1 Å². The summed E-state index contributed by atoms with van der Waals surface area (Å²) in [7, 11) is 0. The largest absolute Gasteiger partial charge is 0.331 e. The molecule has 2 rings (SSSR count). The van der Waals surface area contributed by atoms with Gasteiger partial charge in [0.25, 0.3) is 0 Å². The van der Waals surface area contributed by atoms with Gasteiger partial charge in [-0.25, -0.2) is 4.98 Å². The quantitative estimate of drug-likeness (QED) is 0.869. The lowest BCUT2D eigenvalue weighted by atomic mass is 10.2. The number of aromatic nitrogens is 2. The molecule has 1 heterocycles. The van der Waals surface area contributed by atoms with Crippen molar-refractivity contribution in [2.24, 2.45) is 0 Å². The van der Waals surface area contributed by atoms with Crippen LogP contribution in [-0.4, -0.2) is 21.6 Å². The van der Waals surface area contributed by atoms with Gasteiger partial charge in [-0.3, -0.25) is 10.1 Å². The Labute approximate surface area is 110 Å². The van der Waals surface area contributed by atoms with E-state index in [0.717, 1.165) is 5.75 Å². The molecule has 2 aromatic rings. The number of hydrogen-bond donors (Lipinski definition) is 2. The van der Waals surface area contributed by atoms with Crippen LogP contribution in [0.2, 0.25) is 0 Å². The molecule has 1 amide bonds. The fourth-order valence-corrected chi connectivity index (χ4v) is 2.34. The van der Waals surface area contributed by atoms with Gasteiger partial charge >= 0.3 is 0 Å². The lowest BCUT2D eigenvalue weighted by molar-refractivity contribution is -0.113. The summed E-state index contributed by atoms with van der Waals surface area (Å²) in [6, 6.07) is 8.31. The Morgan fingerprint density at radius 1 is 1.50 bits per heavy atom. The van der Waals surface area contributed by atoms with Crippen molar-refractivity contribution in [1.29, 1.82) is 0 Å². The molecular formula is C13H15N3OS. The number of aromatic amines is 1. The molecule has 0 aliphatic carbocycles. The molecule has 0 radical (unpaired) electrons. The van der Waals surface area contributed by atoms with Crippen LogP contribution in [-0.2, 0) is 10.5 Å². The van der Waals surface area contributed by atoms with E-state index in [2.05, 4.69) is 40.4 Å². The number of carbonyl (C=O) groups excluding carboxylic acids is 1. The second kappa shape index (κ2) is 6.26. The van der Waals surface area contributed by atoms with E-state index in [1.807, 2.05) is 6.07 Å². The van der Waals surface area contributed by atoms with Crippen molar-refractivity contribution in [2.75, 3.05) is 11.1 Å². The van der Waals surface area contributed by atoms with Gasteiger partial charge in [-0.1, -0.05) is 29.8 Å². The molecule has 1 aromatic heterocycles. The van der Waals surface area contributed by atoms with Gasteiger partial charge in [0, 0.05) is 18.1 Å². The number of nitrogens with one attached hydrogen (secondary N) is 2. The standard InChI is InChI=1S/C13H15N3OS/c1-10-3-2-4-11(7-10)8-18-9-12(17)16-13-14-5-6-15-13/h2-7H,8-9H2,1H3,(H2,14,15,16,17). The van der Waals surface area contributed by atoms with E-state index in [4.69, 9.17) is 0 Å². The maximum absolute atomic E-state index is 11.6. The zero-order chi connectivity index (χ0) is 12.8. The van der Waals surface area contributed by atoms with E-state index < -0.39 is 0 Å². The Balaban J connectivity index is 1.73. The highest BCUT2D eigenvalue weighted by atomic mass is 32.2. The van der Waals surface area contributed by atoms with E-state index >= 15 is 0 Å². The van der Waals surface area contributed by atoms with E-state index in [9.17, 15) is 4.79 Å². The highest BCUT2D eigenvalue weighted by molar-refractivity contribution is 7.99. The number of aryl methyl sites for hydroxylation is 1. The van der Waals surface area contributed by atoms with Crippen LogP contribution in [0, 0.1) is 6.92 Å². The third kappa shape index (κ3) is 3.92. The molecule has 4 nitrogen and oxygen atoms in total. The van der Waals surface area contributed by atoms with Crippen LogP contribution in [0.25, 0.3) is 0 Å². The SMILES string of the molecule is Cc1cccc(CSCC(=O)Nc2ncc[nH]2)c1. The van der Waals surface area contributed by atoms with E-state index in [-0.39, 0.29) is 5.91 Å². The van der Waals surface area contributed by atoms with Gasteiger partial charge in [-0.15, -0.1) is 11.8 Å². The van der Waals surface area contributed by atoms with Crippen molar-refractivity contribution in [3.05, 3.63) is 47.8 Å². The summed E-state index contributed by atoms with van der Waals surface area (Å²) >= 11 is 1.59. The molecule has 1 aromatic carbocycles. The fraction of sp³-hybridized carbons (Fsp3) is 0.231. The van der Waals surface area contributed by atoms with Gasteiger partial charge < -0.3 is 4.98 Å². The highest BCUT2D eigenvalue weighted by Crippen LogP contribution is 2.13. The number of amides is 1. The Bertz CT molecular complexity index is 511. The van der Waals surface area contributed by atoms with Gasteiger partial charge in [0.15, 0.2) is 0 Å². The third-order valence-corrected chi connectivity index (χ3v) is 3.34. The third-order valence-electron chi connectivity index (χ3n) is 2.34. The summed E-state index contributed by atoms with van der Waals surface area (Å²) < 4.78 is 0. The zero-order valence-electron chi connectivity index (χ0n) is 10.1. The highest BCUT2D eigenvalue weighted by Gasteiger charge is 2.04. The van der Waals surface area contributed by atoms with Gasteiger partial charge in [0.05, 0.1) is 5.75 Å². The molecule has 0 aliphatic heterocycles. The number of benzene rings is 1. The molecule has 0 spiro atoms. The normalized spacial score (nSPS) is 10.3. The molecule has 0 unspecified atom stereocenters. The molecule has 0 fully saturated rings. The minimum atomic E-state index is -0.0393. The Morgan fingerprint density at radius 2 is 2.39 bits per heavy atom. The van der Waals surface area contributed by atoms with Crippen molar-refractivity contribution in [1.82, 2.24) is 9.97 Å². The maximum atomic E-state index is 11.6. The Morgan fingerprint density at radius 3 is 3.11 bits per heavy atom. The topological polar surface area (TPSA) is 57.8 Å². The second-order valence-corrected chi connectivity index (χ2v) is 4.95. The summed E-state index contributed by atoms with van der Waals surface area (Å²) in [6.45, 7) is 2.07. The molecule has 0 bridgehead atoms. The van der Waals surface area contributed by atoms with Crippen molar-refractivity contribution >= 4 is 23.6 Å². The minimum Gasteiger partial charge on any atom is -0.331 e. The number of rotatable bonds is 5. The number of carbonyl (C=O) groups is 1. The minimum absolute atomic E-state index is 0.0393. The molecule has 94 valence electrons. The molecule has 18 heavy (non-hydrogen) atoms. The number of H-pyrrole nitrogens is 1. The molecule has 0 aliphatic rings. The number of anilines is 1. The summed E-state index contributed by atoms with van der Waals surface area (Å²) in [6.07, 6.45) is 3.28. The molecule has 2 N–H and O–H groups in total. The molecular weight excluding hydrogens is 246 g/mol. The van der Waals surface area contributed by atoms with Crippen LogP contribution in [0.4, 0.5) is 5.95 Å². The molecule has 0 saturated heterocycles. The van der Waals surface area contributed by atoms with Crippen molar-refractivity contribution in [3.63, 3.8) is 0 Å². The van der Waals surface area contributed by atoms with Gasteiger partial charge in [-0.05, 0) is 12.5 Å². The van der Waals surface area contributed by atoms with Crippen molar-refractivity contribution in [2.45, 2.75) is 12.7 Å². The lowest BCUT2D eigenvalue weighted by Gasteiger charge is -2.03. The Hall–Kier alpha value is -1.75. The van der Waals surface area contributed by atoms with Crippen LogP contribution >= 0.6 is 11.8 Å². The lowest BCUT2D eigenvalue weighted by Crippen LogP contribution is -2.15. The predicted molar refractivity (Wildman–Crippen MR) is 74.6 cm³/mol. The van der Waals surface area contributed by atoms with Crippen LogP contribution in [0.15, 0.2) is 36.7 Å². The van der Waals surface area contributed by atoms with Crippen molar-refractivity contribution < 1.29 is 4.79 Å². The Kier molecular flexibility index (Phi) is 4.41. The van der Waals surface area contributed by atoms with Gasteiger partial charge in [0.1, 0.15) is 0 Å². The fourth-order valence-electron chi connectivity index (χ4n) is 1.57. The average molecular weight is 261 g/mol. The van der Waals surface area contributed by atoms with Gasteiger partial charge in [0.2, 0.25) is 11.9 Å². The van der Waals surface area contributed by atoms with Crippen LogP contribution in [0.5, 0.6) is 0 Å². The maximum Gasteiger partial charge on any atom is 0.236 e. The smallest absolute Gasteiger partial charge is 0.236 e. The number of nitrogens with zero attached hydrogens (tertiary/aromatic N) is 1. The monoisotopic (exact) mass is 261 g/mol. The first-order valence-electron chi connectivity index (χ1n) is 5.66. The average Bonchev–Trinajstić information content (AvgIpc) is 2.82. The van der Waals surface area contributed by atoms with Gasteiger partial charge in [-0.2, -0.15) is 0 Å². The van der Waals surface area contributed by atoms with E-state index in [1.54, 1.807) is 24.2 Å². The first-order valence-corrected chi connectivity index (χ1v) is 6.82. The predicted octanol–water partition coefficient (Wildman–Crippen LogP) is 2.59. The van der Waals surface area contributed by atoms with Crippen LogP contribution in [0.1, 0.15) is 11.1 Å². The van der Waals surface area contributed by atoms with E-state index in [0.29, 0.717) is 11.7 Å².